The molecule has 0 aromatic rings. The minimum atomic E-state index is -0.0181. The highest BCUT2D eigenvalue weighted by molar-refractivity contribution is 5.73. The van der Waals surface area contributed by atoms with Gasteiger partial charge >= 0.3 is 6.03 Å². The van der Waals surface area contributed by atoms with Crippen molar-refractivity contribution < 1.29 is 4.79 Å². The van der Waals surface area contributed by atoms with Gasteiger partial charge in [0.1, 0.15) is 0 Å². The normalized spacial score (nSPS) is 27.6. The maximum Gasteiger partial charge on any atom is 0.316 e. The van der Waals surface area contributed by atoms with E-state index >= 15 is 0 Å². The van der Waals surface area contributed by atoms with Crippen molar-refractivity contribution in [3.8, 4) is 0 Å². The van der Waals surface area contributed by atoms with Gasteiger partial charge in [-0.3, -0.25) is 0 Å². The number of rotatable bonds is 2. The van der Waals surface area contributed by atoms with Crippen molar-refractivity contribution in [2.45, 2.75) is 18.9 Å². The smallest absolute Gasteiger partial charge is 0.316 e. The van der Waals surface area contributed by atoms with Crippen LogP contribution in [0.25, 0.3) is 0 Å². The van der Waals surface area contributed by atoms with Gasteiger partial charge in [0.25, 0.3) is 0 Å². The fraction of sp³-hybridized carbons (Fsp3) is 0.875. The van der Waals surface area contributed by atoms with Gasteiger partial charge in [-0.15, -0.1) is 0 Å². The summed E-state index contributed by atoms with van der Waals surface area (Å²) in [6.07, 6.45) is 2.11. The highest BCUT2D eigenvalue weighted by atomic mass is 16.2. The molecule has 1 aliphatic rings. The zero-order chi connectivity index (χ0) is 9.14. The molecule has 2 amide bonds. The van der Waals surface area contributed by atoms with Gasteiger partial charge in [0.05, 0.1) is 0 Å². The zero-order valence-corrected chi connectivity index (χ0v) is 7.71. The van der Waals surface area contributed by atoms with Crippen LogP contribution in [-0.4, -0.2) is 37.6 Å². The van der Waals surface area contributed by atoms with Gasteiger partial charge < -0.3 is 16.0 Å². The van der Waals surface area contributed by atoms with Crippen molar-refractivity contribution in [3.05, 3.63) is 0 Å². The van der Waals surface area contributed by atoms with Crippen LogP contribution < -0.4 is 11.1 Å². The summed E-state index contributed by atoms with van der Waals surface area (Å²) in [5, 5.41) is 2.59. The average molecular weight is 171 g/mol. The third-order valence-corrected chi connectivity index (χ3v) is 2.36. The molecule has 4 nitrogen and oxygen atoms in total. The van der Waals surface area contributed by atoms with Crippen LogP contribution in [0.4, 0.5) is 4.79 Å². The van der Waals surface area contributed by atoms with E-state index < -0.39 is 0 Å². The van der Waals surface area contributed by atoms with Crippen molar-refractivity contribution in [2.24, 2.45) is 11.7 Å². The molecule has 1 fully saturated rings. The number of nitrogens with two attached hydrogens (primary N) is 1. The lowest BCUT2D eigenvalue weighted by molar-refractivity contribution is 0.174. The molecule has 0 saturated heterocycles. The van der Waals surface area contributed by atoms with E-state index in [0.29, 0.717) is 12.0 Å². The van der Waals surface area contributed by atoms with Crippen LogP contribution in [-0.2, 0) is 0 Å². The lowest BCUT2D eigenvalue weighted by atomic mass is 9.81. The quantitative estimate of drug-likeness (QED) is 0.614. The number of nitrogens with zero attached hydrogens (tertiary/aromatic N) is 1. The minimum absolute atomic E-state index is 0.0181. The van der Waals surface area contributed by atoms with Crippen molar-refractivity contribution >= 4 is 6.03 Å². The topological polar surface area (TPSA) is 58.4 Å². The fourth-order valence-electron chi connectivity index (χ4n) is 1.60. The summed E-state index contributed by atoms with van der Waals surface area (Å²) in [7, 11) is 3.45. The maximum atomic E-state index is 11.1. The van der Waals surface area contributed by atoms with E-state index in [-0.39, 0.29) is 6.03 Å². The minimum Gasteiger partial charge on any atom is -0.341 e. The number of carbonyl (C=O) groups is 1. The molecule has 1 aliphatic carbocycles. The highest BCUT2D eigenvalue weighted by Gasteiger charge is 2.27. The number of amides is 2. The molecule has 12 heavy (non-hydrogen) atoms. The molecule has 0 unspecified atom stereocenters. The molecular formula is C8H17N3O. The lowest BCUT2D eigenvalue weighted by Gasteiger charge is -2.35. The van der Waals surface area contributed by atoms with E-state index in [2.05, 4.69) is 5.32 Å². The Hall–Kier alpha value is -0.770. The first-order chi connectivity index (χ1) is 5.63. The second kappa shape index (κ2) is 3.76. The molecule has 1 saturated carbocycles. The van der Waals surface area contributed by atoms with Gasteiger partial charge in [0.15, 0.2) is 0 Å². The summed E-state index contributed by atoms with van der Waals surface area (Å²) >= 11 is 0. The Morgan fingerprint density at radius 1 is 1.67 bits per heavy atom. The standard InChI is InChI=1S/C8H17N3O/c1-10-8(12)11(2)5-6-3-7(9)4-6/h6-7H,3-5,9H2,1-2H3,(H,10,12). The summed E-state index contributed by atoms with van der Waals surface area (Å²) in [6, 6.07) is 0.351. The summed E-state index contributed by atoms with van der Waals surface area (Å²) in [6.45, 7) is 0.827. The largest absolute Gasteiger partial charge is 0.341 e. The number of carbonyl (C=O) groups excluding carboxylic acids is 1. The van der Waals surface area contributed by atoms with Crippen molar-refractivity contribution in [3.63, 3.8) is 0 Å². The molecule has 3 N–H and O–H groups in total. The highest BCUT2D eigenvalue weighted by Crippen LogP contribution is 2.25. The first kappa shape index (κ1) is 9.32. The van der Waals surface area contributed by atoms with Gasteiger partial charge in [-0.05, 0) is 18.8 Å². The SMILES string of the molecule is CNC(=O)N(C)CC1CC(N)C1. The molecule has 0 aliphatic heterocycles. The summed E-state index contributed by atoms with van der Waals surface area (Å²) in [4.78, 5) is 12.8. The van der Waals surface area contributed by atoms with E-state index in [9.17, 15) is 4.79 Å². The Morgan fingerprint density at radius 2 is 2.25 bits per heavy atom. The molecule has 0 bridgehead atoms. The Kier molecular flexibility index (Phi) is 2.92. The van der Waals surface area contributed by atoms with Crippen LogP contribution in [0, 0.1) is 5.92 Å². The summed E-state index contributed by atoms with van der Waals surface area (Å²) < 4.78 is 0. The molecule has 70 valence electrons. The van der Waals surface area contributed by atoms with Crippen LogP contribution in [0.2, 0.25) is 0 Å². The third kappa shape index (κ3) is 2.11. The molecular weight excluding hydrogens is 154 g/mol. The molecule has 0 aromatic carbocycles. The predicted octanol–water partition coefficient (Wildman–Crippen LogP) is -0.00510. The Morgan fingerprint density at radius 3 is 2.67 bits per heavy atom. The first-order valence-corrected chi connectivity index (χ1v) is 4.32. The molecule has 0 aromatic heterocycles. The van der Waals surface area contributed by atoms with Crippen LogP contribution >= 0.6 is 0 Å². The Balaban J connectivity index is 2.18. The van der Waals surface area contributed by atoms with Gasteiger partial charge in [-0.2, -0.15) is 0 Å². The van der Waals surface area contributed by atoms with Gasteiger partial charge in [0.2, 0.25) is 0 Å². The molecule has 0 radical (unpaired) electrons. The van der Waals surface area contributed by atoms with Crippen LogP contribution in [0.15, 0.2) is 0 Å². The number of hydrogen-bond donors (Lipinski definition) is 2. The van der Waals surface area contributed by atoms with Crippen molar-refractivity contribution in [1.29, 1.82) is 0 Å². The third-order valence-electron chi connectivity index (χ3n) is 2.36. The van der Waals surface area contributed by atoms with Crippen LogP contribution in [0.5, 0.6) is 0 Å². The van der Waals surface area contributed by atoms with Gasteiger partial charge in [-0.25, -0.2) is 4.79 Å². The summed E-state index contributed by atoms with van der Waals surface area (Å²) in [5.74, 6) is 0.613. The molecule has 1 rings (SSSR count). The zero-order valence-electron chi connectivity index (χ0n) is 7.71. The van der Waals surface area contributed by atoms with Crippen molar-refractivity contribution in [1.82, 2.24) is 10.2 Å². The lowest BCUT2D eigenvalue weighted by Crippen LogP contribution is -2.45. The molecule has 4 heteroatoms. The fourth-order valence-corrected chi connectivity index (χ4v) is 1.60. The first-order valence-electron chi connectivity index (χ1n) is 4.32. The predicted molar refractivity (Wildman–Crippen MR) is 47.8 cm³/mol. The van der Waals surface area contributed by atoms with E-state index in [0.717, 1.165) is 19.4 Å². The number of hydrogen-bond acceptors (Lipinski definition) is 2. The van der Waals surface area contributed by atoms with E-state index in [1.54, 1.807) is 11.9 Å². The van der Waals surface area contributed by atoms with E-state index in [4.69, 9.17) is 5.73 Å². The van der Waals surface area contributed by atoms with Gasteiger partial charge in [0, 0.05) is 26.7 Å². The molecule has 0 atom stereocenters. The van der Waals surface area contributed by atoms with Gasteiger partial charge in [-0.1, -0.05) is 0 Å². The van der Waals surface area contributed by atoms with Crippen LogP contribution in [0.1, 0.15) is 12.8 Å². The second-order valence-electron chi connectivity index (χ2n) is 3.53. The Bertz CT molecular complexity index is 166. The molecule has 0 heterocycles. The second-order valence-corrected chi connectivity index (χ2v) is 3.53. The summed E-state index contributed by atoms with van der Waals surface area (Å²) in [5.41, 5.74) is 5.63. The maximum absolute atomic E-state index is 11.1. The Labute approximate surface area is 73.1 Å². The van der Waals surface area contributed by atoms with E-state index in [1.807, 2.05) is 7.05 Å². The van der Waals surface area contributed by atoms with Crippen LogP contribution in [0.3, 0.4) is 0 Å². The monoisotopic (exact) mass is 171 g/mol. The number of urea groups is 1. The van der Waals surface area contributed by atoms with Crippen molar-refractivity contribution in [2.75, 3.05) is 20.6 Å². The number of nitrogens with one attached hydrogen (secondary N) is 1. The average Bonchev–Trinajstić information content (AvgIpc) is 2.00. The molecule has 0 spiro atoms. The van der Waals surface area contributed by atoms with E-state index in [1.165, 1.54) is 0 Å².